The molecule has 0 aliphatic carbocycles. The van der Waals surface area contributed by atoms with Crippen LogP contribution in [-0.4, -0.2) is 20.9 Å². The molecule has 2 aromatic rings. The maximum atomic E-state index is 13.1. The molecule has 1 unspecified atom stereocenters. The third kappa shape index (κ3) is 5.00. The van der Waals surface area contributed by atoms with Crippen molar-refractivity contribution in [2.75, 3.05) is 6.54 Å². The average Bonchev–Trinajstić information content (AvgIpc) is 2.55. The summed E-state index contributed by atoms with van der Waals surface area (Å²) in [6, 6.07) is 13.3. The molecule has 0 aliphatic heterocycles. The number of carbonyl (C=O) groups excluding carboxylic acids is 1. The quantitative estimate of drug-likeness (QED) is 0.633. The number of sulfone groups is 1. The Bertz CT molecular complexity index is 855. The van der Waals surface area contributed by atoms with E-state index in [9.17, 15) is 17.6 Å². The smallest absolute Gasteiger partial charge is 0.243 e. The number of amides is 1. The molecule has 1 amide bonds. The van der Waals surface area contributed by atoms with Crippen molar-refractivity contribution < 1.29 is 17.6 Å². The first-order chi connectivity index (χ1) is 11.8. The Morgan fingerprint density at radius 2 is 1.68 bits per heavy atom. The van der Waals surface area contributed by atoms with Gasteiger partial charge in [0.15, 0.2) is 9.84 Å². The van der Waals surface area contributed by atoms with Crippen LogP contribution in [0.4, 0.5) is 4.39 Å². The van der Waals surface area contributed by atoms with E-state index in [1.165, 1.54) is 18.2 Å². The second-order valence-corrected chi connectivity index (χ2v) is 8.00. The molecule has 1 atom stereocenters. The molecule has 0 saturated carbocycles. The van der Waals surface area contributed by atoms with Crippen molar-refractivity contribution in [2.45, 2.75) is 24.0 Å². The summed E-state index contributed by atoms with van der Waals surface area (Å²) in [5, 5.41) is 1.67. The maximum absolute atomic E-state index is 13.1. The number of carbonyl (C=O) groups is 1. The molecule has 25 heavy (non-hydrogen) atoms. The first-order valence-electron chi connectivity index (χ1n) is 7.78. The normalized spacial score (nSPS) is 12.3. The van der Waals surface area contributed by atoms with E-state index in [1.54, 1.807) is 44.2 Å². The van der Waals surface area contributed by atoms with Crippen LogP contribution >= 0.6 is 0 Å². The van der Waals surface area contributed by atoms with E-state index in [1.807, 2.05) is 0 Å². The summed E-state index contributed by atoms with van der Waals surface area (Å²) in [5.74, 6) is -0.859. The van der Waals surface area contributed by atoms with Crippen molar-refractivity contribution in [3.8, 4) is 0 Å². The lowest BCUT2D eigenvalue weighted by Crippen LogP contribution is -2.31. The monoisotopic (exact) mass is 361 g/mol. The summed E-state index contributed by atoms with van der Waals surface area (Å²) in [4.78, 5) is 11.9. The van der Waals surface area contributed by atoms with Gasteiger partial charge in [-0.15, -0.1) is 0 Å². The highest BCUT2D eigenvalue weighted by atomic mass is 32.2. The molecule has 4 nitrogen and oxygen atoms in total. The fourth-order valence-electron chi connectivity index (χ4n) is 2.37. The lowest BCUT2D eigenvalue weighted by atomic mass is 10.1. The highest BCUT2D eigenvalue weighted by Crippen LogP contribution is 2.28. The minimum atomic E-state index is -3.80. The zero-order valence-corrected chi connectivity index (χ0v) is 14.9. The fraction of sp³-hybridized carbons (Fsp3) is 0.211. The summed E-state index contributed by atoms with van der Waals surface area (Å²) in [6.45, 7) is 3.49. The molecular formula is C19H20FNO3S. The summed E-state index contributed by atoms with van der Waals surface area (Å²) in [7, 11) is -3.80. The Morgan fingerprint density at radius 1 is 1.08 bits per heavy atom. The molecule has 0 fully saturated rings. The Kier molecular flexibility index (Phi) is 6.09. The van der Waals surface area contributed by atoms with Gasteiger partial charge in [0.05, 0.1) is 4.90 Å². The van der Waals surface area contributed by atoms with Crippen LogP contribution in [0.25, 0.3) is 0 Å². The summed E-state index contributed by atoms with van der Waals surface area (Å²) < 4.78 is 39.1. The van der Waals surface area contributed by atoms with Gasteiger partial charge in [-0.05, 0) is 43.7 Å². The number of rotatable bonds is 6. The van der Waals surface area contributed by atoms with Gasteiger partial charge in [0.25, 0.3) is 0 Å². The van der Waals surface area contributed by atoms with E-state index >= 15 is 0 Å². The highest BCUT2D eigenvalue weighted by Gasteiger charge is 2.29. The lowest BCUT2D eigenvalue weighted by Gasteiger charge is -2.18. The van der Waals surface area contributed by atoms with Gasteiger partial charge in [-0.1, -0.05) is 35.9 Å². The standard InChI is InChI=1S/C19H20FNO3S/c1-14(2)12-19(22)21-13-18(15-6-4-3-5-7-15)25(23,24)17-10-8-16(20)9-11-17/h3-12,18H,13H2,1-2H3,(H,21,22). The molecule has 0 saturated heterocycles. The average molecular weight is 361 g/mol. The molecular weight excluding hydrogens is 341 g/mol. The Hall–Kier alpha value is -2.47. The molecule has 0 aliphatic rings. The lowest BCUT2D eigenvalue weighted by molar-refractivity contribution is -0.116. The third-order valence-electron chi connectivity index (χ3n) is 3.57. The van der Waals surface area contributed by atoms with Crippen LogP contribution in [0.1, 0.15) is 24.7 Å². The van der Waals surface area contributed by atoms with Crippen LogP contribution in [-0.2, 0) is 14.6 Å². The van der Waals surface area contributed by atoms with Crippen LogP contribution in [0, 0.1) is 5.82 Å². The highest BCUT2D eigenvalue weighted by molar-refractivity contribution is 7.91. The van der Waals surface area contributed by atoms with Gasteiger partial charge >= 0.3 is 0 Å². The van der Waals surface area contributed by atoms with Gasteiger partial charge in [0.1, 0.15) is 11.1 Å². The van der Waals surface area contributed by atoms with Crippen molar-refractivity contribution in [3.63, 3.8) is 0 Å². The Morgan fingerprint density at radius 3 is 2.24 bits per heavy atom. The number of halogens is 1. The minimum absolute atomic E-state index is 0.0132. The van der Waals surface area contributed by atoms with Crippen molar-refractivity contribution >= 4 is 15.7 Å². The number of nitrogens with one attached hydrogen (secondary N) is 1. The number of hydrogen-bond donors (Lipinski definition) is 1. The van der Waals surface area contributed by atoms with Gasteiger partial charge in [0.2, 0.25) is 5.91 Å². The Balaban J connectivity index is 2.36. The zero-order chi connectivity index (χ0) is 18.4. The molecule has 0 radical (unpaired) electrons. The summed E-state index contributed by atoms with van der Waals surface area (Å²) in [6.07, 6.45) is 1.41. The number of hydrogen-bond acceptors (Lipinski definition) is 3. The topological polar surface area (TPSA) is 63.2 Å². The van der Waals surface area contributed by atoms with Crippen molar-refractivity contribution in [1.82, 2.24) is 5.32 Å². The molecule has 0 bridgehead atoms. The SMILES string of the molecule is CC(C)=CC(=O)NCC(c1ccccc1)S(=O)(=O)c1ccc(F)cc1. The van der Waals surface area contributed by atoms with E-state index < -0.39 is 20.9 Å². The molecule has 2 aromatic carbocycles. The molecule has 1 N–H and O–H groups in total. The molecule has 132 valence electrons. The van der Waals surface area contributed by atoms with E-state index in [0.717, 1.165) is 17.7 Å². The van der Waals surface area contributed by atoms with Crippen LogP contribution in [0.15, 0.2) is 71.1 Å². The number of benzene rings is 2. The van der Waals surface area contributed by atoms with Crippen molar-refractivity contribution in [2.24, 2.45) is 0 Å². The molecule has 0 aromatic heterocycles. The third-order valence-corrected chi connectivity index (χ3v) is 5.69. The molecule has 6 heteroatoms. The largest absolute Gasteiger partial charge is 0.351 e. The first-order valence-corrected chi connectivity index (χ1v) is 9.32. The first kappa shape index (κ1) is 18.9. The number of allylic oxidation sites excluding steroid dienone is 1. The van der Waals surface area contributed by atoms with Gasteiger partial charge in [-0.25, -0.2) is 12.8 Å². The van der Waals surface area contributed by atoms with Crippen LogP contribution in [0.3, 0.4) is 0 Å². The van der Waals surface area contributed by atoms with Crippen molar-refractivity contribution in [3.05, 3.63) is 77.6 Å². The van der Waals surface area contributed by atoms with Crippen LogP contribution in [0.2, 0.25) is 0 Å². The fourth-order valence-corrected chi connectivity index (χ4v) is 4.03. The van der Waals surface area contributed by atoms with E-state index in [-0.39, 0.29) is 17.3 Å². The summed E-state index contributed by atoms with van der Waals surface area (Å²) in [5.41, 5.74) is 1.37. The zero-order valence-electron chi connectivity index (χ0n) is 14.1. The van der Waals surface area contributed by atoms with Gasteiger partial charge in [0, 0.05) is 12.6 Å². The summed E-state index contributed by atoms with van der Waals surface area (Å²) >= 11 is 0. The second-order valence-electron chi connectivity index (χ2n) is 5.87. The molecule has 0 spiro atoms. The van der Waals surface area contributed by atoms with E-state index in [0.29, 0.717) is 5.56 Å². The van der Waals surface area contributed by atoms with Crippen LogP contribution < -0.4 is 5.32 Å². The maximum Gasteiger partial charge on any atom is 0.243 e. The van der Waals surface area contributed by atoms with Gasteiger partial charge in [-0.2, -0.15) is 0 Å². The predicted molar refractivity (Wildman–Crippen MR) is 95.2 cm³/mol. The predicted octanol–water partition coefficient (Wildman–Crippen LogP) is 3.42. The molecule has 0 heterocycles. The van der Waals surface area contributed by atoms with Gasteiger partial charge < -0.3 is 5.32 Å². The van der Waals surface area contributed by atoms with Crippen LogP contribution in [0.5, 0.6) is 0 Å². The molecule has 2 rings (SSSR count). The second kappa shape index (κ2) is 8.07. The van der Waals surface area contributed by atoms with Crippen molar-refractivity contribution in [1.29, 1.82) is 0 Å². The Labute approximate surface area is 147 Å². The van der Waals surface area contributed by atoms with Gasteiger partial charge in [-0.3, -0.25) is 4.79 Å². The van der Waals surface area contributed by atoms with E-state index in [2.05, 4.69) is 5.32 Å². The minimum Gasteiger partial charge on any atom is -0.351 e. The van der Waals surface area contributed by atoms with E-state index in [4.69, 9.17) is 0 Å².